The van der Waals surface area contributed by atoms with E-state index in [1.54, 1.807) is 0 Å². The molecule has 0 heterocycles. The zero-order valence-corrected chi connectivity index (χ0v) is 8.11. The summed E-state index contributed by atoms with van der Waals surface area (Å²) in [5.74, 6) is 0. The van der Waals surface area contributed by atoms with Gasteiger partial charge in [-0.1, -0.05) is 0 Å². The van der Waals surface area contributed by atoms with E-state index in [9.17, 15) is 8.42 Å². The molecular weight excluding hydrogens is 330 g/mol. The summed E-state index contributed by atoms with van der Waals surface area (Å²) in [7, 11) is -2.57. The van der Waals surface area contributed by atoms with Gasteiger partial charge in [0.1, 0.15) is 0 Å². The van der Waals surface area contributed by atoms with Crippen molar-refractivity contribution in [2.24, 2.45) is 0 Å². The predicted molar refractivity (Wildman–Crippen MR) is 28.9 cm³/mol. The minimum atomic E-state index is -2.57. The van der Waals surface area contributed by atoms with Gasteiger partial charge in [0.15, 0.2) is 0 Å². The first-order valence-corrected chi connectivity index (χ1v) is 11.8. The molecule has 0 N–H and O–H groups in total. The van der Waals surface area contributed by atoms with Gasteiger partial charge in [-0.3, -0.25) is 0 Å². The van der Waals surface area contributed by atoms with Crippen LogP contribution in [0, 0.1) is 0 Å². The molecule has 0 rings (SSSR count). The third-order valence-electron chi connectivity index (χ3n) is 0.106. The van der Waals surface area contributed by atoms with Crippen LogP contribution in [0.2, 0.25) is 0 Å². The molecule has 6 heavy (non-hydrogen) atoms. The van der Waals surface area contributed by atoms with Crippen LogP contribution < -0.4 is 15.8 Å². The second-order valence-corrected chi connectivity index (χ2v) is 14.7. The van der Waals surface area contributed by atoms with Crippen LogP contribution in [0.25, 0.3) is 0 Å². The average molecular weight is 333 g/mol. The van der Waals surface area contributed by atoms with Crippen molar-refractivity contribution < 1.29 is 24.3 Å². The predicted octanol–water partition coefficient (Wildman–Crippen LogP) is -2.61. The van der Waals surface area contributed by atoms with E-state index in [0.29, 0.717) is 0 Å². The minimum absolute atomic E-state index is 0.594. The van der Waals surface area contributed by atoms with Crippen LogP contribution in [0.3, 0.4) is 0 Å². The third kappa shape index (κ3) is 5.41. The molecule has 0 fully saturated rings. The second-order valence-electron chi connectivity index (χ2n) is 0.740. The van der Waals surface area contributed by atoms with E-state index in [4.69, 9.17) is 0 Å². The molecule has 2 nitrogen and oxygen atoms in total. The van der Waals surface area contributed by atoms with Crippen molar-refractivity contribution in [3.8, 4) is 0 Å². The molecule has 0 aliphatic heterocycles. The molecule has 0 aromatic heterocycles. The van der Waals surface area contributed by atoms with E-state index in [1.807, 2.05) is 18.6 Å². The van der Waals surface area contributed by atoms with Crippen molar-refractivity contribution in [3.63, 3.8) is 0 Å². The Hall–Kier alpha value is 1.41. The molecular formula is CH3I2O2S-. The van der Waals surface area contributed by atoms with E-state index >= 15 is 0 Å². The molecule has 0 unspecified atom stereocenters. The number of hydrogen-bond donors (Lipinski definition) is 0. The molecule has 0 bridgehead atoms. The Kier molecular flexibility index (Phi) is 3.28. The molecule has 0 amide bonds. The Morgan fingerprint density at radius 1 is 1.67 bits per heavy atom. The second kappa shape index (κ2) is 2.65. The zero-order valence-electron chi connectivity index (χ0n) is 2.98. The number of hydrogen-bond acceptors (Lipinski definition) is 2. The normalized spacial score (nSPS) is 12.3. The fourth-order valence-corrected chi connectivity index (χ4v) is 0. The summed E-state index contributed by atoms with van der Waals surface area (Å²) in [6.07, 6.45) is 1.26. The average Bonchev–Trinajstić information content (AvgIpc) is 1.35. The maximum atomic E-state index is 10.0. The van der Waals surface area contributed by atoms with Gasteiger partial charge in [0.2, 0.25) is 0 Å². The van der Waals surface area contributed by atoms with Gasteiger partial charge in [-0.25, -0.2) is 0 Å². The molecule has 0 spiro atoms. The molecule has 0 aromatic carbocycles. The molecule has 0 aliphatic carbocycles. The van der Waals surface area contributed by atoms with E-state index in [2.05, 4.69) is 0 Å². The quantitative estimate of drug-likeness (QED) is 0.389. The summed E-state index contributed by atoms with van der Waals surface area (Å²) >= 11 is 1.32. The summed E-state index contributed by atoms with van der Waals surface area (Å²) in [6, 6.07) is 0. The van der Waals surface area contributed by atoms with Crippen LogP contribution in [0.1, 0.15) is 0 Å². The molecule has 40 valence electrons. The van der Waals surface area contributed by atoms with Crippen LogP contribution in [0.5, 0.6) is 0 Å². The third-order valence-corrected chi connectivity index (χ3v) is 14.3. The topological polar surface area (TPSA) is 34.1 Å². The zero-order chi connectivity index (χ0) is 5.21. The molecule has 0 atom stereocenters. The Bertz CT molecular complexity index is 114. The van der Waals surface area contributed by atoms with Gasteiger partial charge in [0.05, 0.1) is 0 Å². The van der Waals surface area contributed by atoms with Gasteiger partial charge in [-0.15, -0.1) is 0 Å². The van der Waals surface area contributed by atoms with Gasteiger partial charge < -0.3 is 0 Å². The van der Waals surface area contributed by atoms with Crippen LogP contribution in [0.4, 0.5) is 0 Å². The van der Waals surface area contributed by atoms with Crippen molar-refractivity contribution in [1.82, 2.24) is 0 Å². The number of rotatable bonds is 1. The first kappa shape index (κ1) is 7.41. The molecule has 0 radical (unpaired) electrons. The van der Waals surface area contributed by atoms with Gasteiger partial charge in [0.25, 0.3) is 0 Å². The van der Waals surface area contributed by atoms with Crippen LogP contribution in [-0.4, -0.2) is 14.7 Å². The van der Waals surface area contributed by atoms with Gasteiger partial charge in [-0.05, 0) is 0 Å². The fourth-order valence-electron chi connectivity index (χ4n) is 0. The first-order chi connectivity index (χ1) is 2.56. The van der Waals surface area contributed by atoms with Crippen molar-refractivity contribution >= 4 is 25.6 Å². The standard InChI is InChI=1S/CH3I2O2S/c1-6(4,5)3-2/h1H3/q-1. The van der Waals surface area contributed by atoms with Crippen molar-refractivity contribution in [1.29, 1.82) is 0 Å². The van der Waals surface area contributed by atoms with Crippen LogP contribution in [-0.2, 0) is 7.01 Å². The van der Waals surface area contributed by atoms with Crippen LogP contribution in [0.15, 0.2) is 0 Å². The van der Waals surface area contributed by atoms with Gasteiger partial charge >= 0.3 is 56.1 Å². The van der Waals surface area contributed by atoms with Crippen LogP contribution >= 0.6 is 18.6 Å². The Morgan fingerprint density at radius 2 is 1.83 bits per heavy atom. The summed E-state index contributed by atoms with van der Waals surface area (Å²) in [5.41, 5.74) is 0. The SMILES string of the molecule is CS(=O)(=O)[I-]I. The van der Waals surface area contributed by atoms with Crippen molar-refractivity contribution in [3.05, 3.63) is 0 Å². The van der Waals surface area contributed by atoms with E-state index < -0.39 is 22.9 Å². The number of halogens is 2. The molecule has 0 aliphatic rings. The molecule has 5 heteroatoms. The summed E-state index contributed by atoms with van der Waals surface area (Å²) in [6.45, 7) is 0. The van der Waals surface area contributed by atoms with E-state index in [1.165, 1.54) is 6.26 Å². The first-order valence-electron chi connectivity index (χ1n) is 1.04. The molecule has 0 aromatic rings. The maximum absolute atomic E-state index is 10.0. The molecule has 0 saturated carbocycles. The molecule has 0 saturated heterocycles. The van der Waals surface area contributed by atoms with E-state index in [-0.39, 0.29) is 0 Å². The monoisotopic (exact) mass is 333 g/mol. The van der Waals surface area contributed by atoms with Crippen molar-refractivity contribution in [2.75, 3.05) is 6.26 Å². The van der Waals surface area contributed by atoms with E-state index in [0.717, 1.165) is 0 Å². The summed E-state index contributed by atoms with van der Waals surface area (Å²) in [5, 5.41) is 0. The summed E-state index contributed by atoms with van der Waals surface area (Å²) < 4.78 is 20.1. The Balaban J connectivity index is 3.85. The Labute approximate surface area is 55.5 Å². The van der Waals surface area contributed by atoms with Gasteiger partial charge in [0, 0.05) is 0 Å². The summed E-state index contributed by atoms with van der Waals surface area (Å²) in [4.78, 5) is 0. The fraction of sp³-hybridized carbons (Fsp3) is 1.00. The Morgan fingerprint density at radius 3 is 1.83 bits per heavy atom. The van der Waals surface area contributed by atoms with Crippen molar-refractivity contribution in [2.45, 2.75) is 0 Å². The van der Waals surface area contributed by atoms with Gasteiger partial charge in [-0.2, -0.15) is 0 Å².